The van der Waals surface area contributed by atoms with Crippen LogP contribution in [0.15, 0.2) is 29.2 Å². The summed E-state index contributed by atoms with van der Waals surface area (Å²) in [5, 5.41) is 3.08. The predicted molar refractivity (Wildman–Crippen MR) is 94.2 cm³/mol. The highest BCUT2D eigenvalue weighted by Gasteiger charge is 2.25. The lowest BCUT2D eigenvalue weighted by Gasteiger charge is -2.31. The number of benzene rings is 1. The van der Waals surface area contributed by atoms with Gasteiger partial charge in [-0.25, -0.2) is 0 Å². The predicted octanol–water partition coefficient (Wildman–Crippen LogP) is 3.39. The van der Waals surface area contributed by atoms with Crippen LogP contribution in [0.4, 0.5) is 0 Å². The summed E-state index contributed by atoms with van der Waals surface area (Å²) in [6.45, 7) is 8.82. The van der Waals surface area contributed by atoms with Gasteiger partial charge in [0.25, 0.3) is 0 Å². The van der Waals surface area contributed by atoms with Crippen LogP contribution < -0.4 is 11.1 Å². The molecule has 5 heteroatoms. The molecule has 21 heavy (non-hydrogen) atoms. The molecule has 1 unspecified atom stereocenters. The molecule has 120 valence electrons. The Bertz CT molecular complexity index is 454. The molecule has 0 bridgehead atoms. The van der Waals surface area contributed by atoms with Crippen molar-refractivity contribution < 1.29 is 4.79 Å². The normalized spacial score (nSPS) is 13.4. The van der Waals surface area contributed by atoms with Crippen LogP contribution in [0.3, 0.4) is 0 Å². The van der Waals surface area contributed by atoms with Gasteiger partial charge in [-0.1, -0.05) is 32.0 Å². The molecule has 3 N–H and O–H groups in total. The third-order valence-corrected chi connectivity index (χ3v) is 4.38. The number of nitrogens with one attached hydrogen (secondary N) is 1. The summed E-state index contributed by atoms with van der Waals surface area (Å²) in [5.74, 6) is 0.984. The molecule has 0 aromatic heterocycles. The van der Waals surface area contributed by atoms with Crippen LogP contribution in [-0.4, -0.2) is 23.7 Å². The number of nitrogens with two attached hydrogens (primary N) is 1. The van der Waals surface area contributed by atoms with E-state index in [0.29, 0.717) is 18.2 Å². The summed E-state index contributed by atoms with van der Waals surface area (Å²) in [4.78, 5) is 13.2. The van der Waals surface area contributed by atoms with Crippen molar-refractivity contribution in [3.63, 3.8) is 0 Å². The minimum atomic E-state index is -0.308. The molecule has 0 fully saturated rings. The van der Waals surface area contributed by atoms with Crippen molar-refractivity contribution in [2.45, 2.75) is 44.6 Å². The second-order valence-corrected chi connectivity index (χ2v) is 6.98. The minimum absolute atomic E-state index is 0. The van der Waals surface area contributed by atoms with Crippen LogP contribution in [-0.2, 0) is 4.79 Å². The average Bonchev–Trinajstić information content (AvgIpc) is 2.36. The van der Waals surface area contributed by atoms with Crippen molar-refractivity contribution >= 4 is 30.1 Å². The number of rotatable bonds is 7. The van der Waals surface area contributed by atoms with E-state index in [9.17, 15) is 4.79 Å². The first-order valence-electron chi connectivity index (χ1n) is 7.06. The molecule has 1 aromatic rings. The Morgan fingerprint density at radius 2 is 2.00 bits per heavy atom. The summed E-state index contributed by atoms with van der Waals surface area (Å²) < 4.78 is 0. The van der Waals surface area contributed by atoms with Gasteiger partial charge in [0.15, 0.2) is 0 Å². The van der Waals surface area contributed by atoms with Crippen molar-refractivity contribution in [2.24, 2.45) is 11.7 Å². The number of aryl methyl sites for hydroxylation is 1. The van der Waals surface area contributed by atoms with Gasteiger partial charge in [0.2, 0.25) is 5.91 Å². The molecule has 0 saturated carbocycles. The highest BCUT2D eigenvalue weighted by Crippen LogP contribution is 2.22. The Balaban J connectivity index is 0.00000400. The Hall–Kier alpha value is -0.710. The van der Waals surface area contributed by atoms with Crippen molar-refractivity contribution in [1.82, 2.24) is 5.32 Å². The fourth-order valence-electron chi connectivity index (χ4n) is 2.32. The Morgan fingerprint density at radius 3 is 2.52 bits per heavy atom. The van der Waals surface area contributed by atoms with Crippen LogP contribution in [0.5, 0.6) is 0 Å². The second-order valence-electron chi connectivity index (χ2n) is 5.97. The molecule has 1 rings (SSSR count). The molecule has 0 radical (unpaired) electrons. The van der Waals surface area contributed by atoms with Gasteiger partial charge in [-0.05, 0) is 37.8 Å². The Morgan fingerprint density at radius 1 is 1.38 bits per heavy atom. The van der Waals surface area contributed by atoms with Crippen molar-refractivity contribution in [2.75, 3.05) is 12.3 Å². The quantitative estimate of drug-likeness (QED) is 0.753. The van der Waals surface area contributed by atoms with Gasteiger partial charge < -0.3 is 11.1 Å². The summed E-state index contributed by atoms with van der Waals surface area (Å²) in [7, 11) is 0. The molecule has 0 saturated heterocycles. The molecule has 0 heterocycles. The van der Waals surface area contributed by atoms with Gasteiger partial charge in [0.05, 0.1) is 5.75 Å². The highest BCUT2D eigenvalue weighted by atomic mass is 35.5. The standard InChI is InChI=1S/C16H26N2OS.ClH/c1-12(2)9-16(4,11-17)18-15(19)10-20-14-8-6-5-7-13(14)3;/h5-8,12H,9-11,17H2,1-4H3,(H,18,19);1H. The van der Waals surface area contributed by atoms with Gasteiger partial charge in [-0.15, -0.1) is 24.2 Å². The summed E-state index contributed by atoms with van der Waals surface area (Å²) in [6, 6.07) is 8.11. The molecule has 0 aliphatic carbocycles. The van der Waals surface area contributed by atoms with Crippen molar-refractivity contribution in [3.05, 3.63) is 29.8 Å². The monoisotopic (exact) mass is 330 g/mol. The van der Waals surface area contributed by atoms with Crippen LogP contribution in [0.1, 0.15) is 32.8 Å². The van der Waals surface area contributed by atoms with E-state index in [2.05, 4.69) is 32.2 Å². The first kappa shape index (κ1) is 20.3. The van der Waals surface area contributed by atoms with E-state index in [1.807, 2.05) is 25.1 Å². The molecular formula is C16H27ClN2OS. The fourth-order valence-corrected chi connectivity index (χ4v) is 3.15. The number of carbonyl (C=O) groups is 1. The molecule has 1 aromatic carbocycles. The smallest absolute Gasteiger partial charge is 0.230 e. The SMILES string of the molecule is Cc1ccccc1SCC(=O)NC(C)(CN)CC(C)C.Cl. The molecule has 0 spiro atoms. The van der Waals surface area contributed by atoms with E-state index in [4.69, 9.17) is 5.73 Å². The van der Waals surface area contributed by atoms with Crippen LogP contribution in [0.2, 0.25) is 0 Å². The zero-order valence-corrected chi connectivity index (χ0v) is 14.9. The Labute approximate surface area is 138 Å². The first-order chi connectivity index (χ1) is 9.36. The molecule has 1 atom stereocenters. The van der Waals surface area contributed by atoms with E-state index in [0.717, 1.165) is 11.3 Å². The zero-order chi connectivity index (χ0) is 15.2. The number of hydrogen-bond acceptors (Lipinski definition) is 3. The highest BCUT2D eigenvalue weighted by molar-refractivity contribution is 8.00. The molecule has 1 amide bonds. The largest absolute Gasteiger partial charge is 0.349 e. The summed E-state index contributed by atoms with van der Waals surface area (Å²) in [5.41, 5.74) is 6.71. The van der Waals surface area contributed by atoms with Gasteiger partial charge in [-0.3, -0.25) is 4.79 Å². The number of halogens is 1. The van der Waals surface area contributed by atoms with E-state index >= 15 is 0 Å². The lowest BCUT2D eigenvalue weighted by Crippen LogP contribution is -2.52. The molecule has 3 nitrogen and oxygen atoms in total. The van der Waals surface area contributed by atoms with E-state index in [-0.39, 0.29) is 23.9 Å². The average molecular weight is 331 g/mol. The van der Waals surface area contributed by atoms with Crippen LogP contribution >= 0.6 is 24.2 Å². The summed E-state index contributed by atoms with van der Waals surface area (Å²) in [6.07, 6.45) is 0.893. The molecule has 0 aliphatic heterocycles. The lowest BCUT2D eigenvalue weighted by molar-refractivity contribution is -0.120. The van der Waals surface area contributed by atoms with Crippen molar-refractivity contribution in [1.29, 1.82) is 0 Å². The number of thioether (sulfide) groups is 1. The number of amides is 1. The van der Waals surface area contributed by atoms with Crippen molar-refractivity contribution in [3.8, 4) is 0 Å². The lowest BCUT2D eigenvalue weighted by atomic mass is 9.91. The van der Waals surface area contributed by atoms with E-state index < -0.39 is 0 Å². The fraction of sp³-hybridized carbons (Fsp3) is 0.562. The maximum Gasteiger partial charge on any atom is 0.230 e. The molecular weight excluding hydrogens is 304 g/mol. The zero-order valence-electron chi connectivity index (χ0n) is 13.3. The van der Waals surface area contributed by atoms with Gasteiger partial charge in [0.1, 0.15) is 0 Å². The number of hydrogen-bond donors (Lipinski definition) is 2. The topological polar surface area (TPSA) is 55.1 Å². The second kappa shape index (κ2) is 9.34. The minimum Gasteiger partial charge on any atom is -0.349 e. The van der Waals surface area contributed by atoms with Gasteiger partial charge in [0, 0.05) is 17.0 Å². The third-order valence-electron chi connectivity index (χ3n) is 3.20. The van der Waals surface area contributed by atoms with Crippen LogP contribution in [0, 0.1) is 12.8 Å². The third kappa shape index (κ3) is 7.21. The van der Waals surface area contributed by atoms with E-state index in [1.54, 1.807) is 11.8 Å². The summed E-state index contributed by atoms with van der Waals surface area (Å²) >= 11 is 1.57. The maximum absolute atomic E-state index is 12.1. The Kier molecular flexibility index (Phi) is 9.02. The van der Waals surface area contributed by atoms with Gasteiger partial charge in [-0.2, -0.15) is 0 Å². The number of carbonyl (C=O) groups excluding carboxylic acids is 1. The van der Waals surface area contributed by atoms with Gasteiger partial charge >= 0.3 is 0 Å². The van der Waals surface area contributed by atoms with E-state index in [1.165, 1.54) is 5.56 Å². The molecule has 0 aliphatic rings. The van der Waals surface area contributed by atoms with Crippen LogP contribution in [0.25, 0.3) is 0 Å². The maximum atomic E-state index is 12.1. The first-order valence-corrected chi connectivity index (χ1v) is 8.04.